The van der Waals surface area contributed by atoms with Crippen LogP contribution in [0.1, 0.15) is 28.0 Å². The molecule has 0 bridgehead atoms. The summed E-state index contributed by atoms with van der Waals surface area (Å²) in [6.07, 6.45) is -0.227. The molecular weight excluding hydrogens is 432 g/mol. The van der Waals surface area contributed by atoms with Crippen molar-refractivity contribution in [3.8, 4) is 23.0 Å². The van der Waals surface area contributed by atoms with Gasteiger partial charge in [-0.3, -0.25) is 0 Å². The van der Waals surface area contributed by atoms with Crippen LogP contribution in [0.5, 0.6) is 23.0 Å². The van der Waals surface area contributed by atoms with Crippen LogP contribution in [0, 0.1) is 0 Å². The first-order valence-electron chi connectivity index (χ1n) is 11.2. The van der Waals surface area contributed by atoms with E-state index in [0.29, 0.717) is 12.4 Å². The van der Waals surface area contributed by atoms with Gasteiger partial charge in [-0.15, -0.1) is 11.8 Å². The number of thioether (sulfide) groups is 1. The van der Waals surface area contributed by atoms with Gasteiger partial charge in [0.25, 0.3) is 1.43 Å². The largest absolute Gasteiger partial charge is 0.508 e. The van der Waals surface area contributed by atoms with Gasteiger partial charge in [0.05, 0.1) is 17.3 Å². The molecule has 0 aliphatic carbocycles. The van der Waals surface area contributed by atoms with E-state index in [1.165, 1.54) is 0 Å². The Labute approximate surface area is 199 Å². The summed E-state index contributed by atoms with van der Waals surface area (Å²) in [4.78, 5) is 1.07. The van der Waals surface area contributed by atoms with Gasteiger partial charge >= 0.3 is 0 Å². The third-order valence-corrected chi connectivity index (χ3v) is 6.96. The van der Waals surface area contributed by atoms with Gasteiger partial charge in [0, 0.05) is 6.07 Å². The van der Waals surface area contributed by atoms with Crippen molar-refractivity contribution >= 4 is 11.8 Å². The third kappa shape index (κ3) is 4.78. The van der Waals surface area contributed by atoms with Gasteiger partial charge in [-0.25, -0.2) is 0 Å². The Morgan fingerprint density at radius 3 is 2.33 bits per heavy atom. The zero-order chi connectivity index (χ0) is 23.3. The highest BCUT2D eigenvalue weighted by Crippen LogP contribution is 2.54. The highest BCUT2D eigenvalue weighted by molar-refractivity contribution is 7.99. The lowest BCUT2D eigenvalue weighted by Crippen LogP contribution is -2.19. The third-order valence-electron chi connectivity index (χ3n) is 5.60. The van der Waals surface area contributed by atoms with Gasteiger partial charge in [0.15, 0.2) is 0 Å². The van der Waals surface area contributed by atoms with Gasteiger partial charge in [0.2, 0.25) is 0 Å². The fraction of sp³-hybridized carbons (Fsp3) is 0.143. The Morgan fingerprint density at radius 1 is 0.879 bits per heavy atom. The van der Waals surface area contributed by atoms with Crippen molar-refractivity contribution in [1.29, 1.82) is 1.43 Å². The van der Waals surface area contributed by atoms with Crippen molar-refractivity contribution in [3.63, 3.8) is 0 Å². The van der Waals surface area contributed by atoms with E-state index in [1.807, 2.05) is 66.7 Å². The van der Waals surface area contributed by atoms with Crippen LogP contribution in [0.4, 0.5) is 0 Å². The Bertz CT molecular complexity index is 1230. The number of rotatable bonds is 7. The van der Waals surface area contributed by atoms with Crippen LogP contribution in [0.15, 0.2) is 102 Å². The lowest BCUT2D eigenvalue weighted by Gasteiger charge is -2.34. The molecular formula is C28H24O4S. The molecule has 1 aliphatic heterocycles. The first-order chi connectivity index (χ1) is 16.7. The van der Waals surface area contributed by atoms with E-state index < -0.39 is 0 Å². The summed E-state index contributed by atoms with van der Waals surface area (Å²) < 4.78 is 25.1. The summed E-state index contributed by atoms with van der Waals surface area (Å²) in [6.45, 7) is 0.499. The Balaban J connectivity index is 1.44. The van der Waals surface area contributed by atoms with Crippen LogP contribution in [-0.4, -0.2) is 13.6 Å². The molecule has 0 spiro atoms. The summed E-state index contributed by atoms with van der Waals surface area (Å²) in [5.74, 6) is 2.87. The minimum Gasteiger partial charge on any atom is -0.508 e. The number of fused-ring (bicyclic) bond motifs is 1. The number of ether oxygens (including phenoxy) is 3. The quantitative estimate of drug-likeness (QED) is 0.325. The van der Waals surface area contributed by atoms with Crippen molar-refractivity contribution in [1.82, 2.24) is 0 Å². The van der Waals surface area contributed by atoms with E-state index in [-0.39, 0.29) is 11.4 Å². The second-order valence-electron chi connectivity index (χ2n) is 7.80. The molecule has 4 aromatic carbocycles. The normalized spacial score (nSPS) is 17.3. The van der Waals surface area contributed by atoms with Gasteiger partial charge < -0.3 is 19.3 Å². The van der Waals surface area contributed by atoms with Crippen molar-refractivity contribution in [2.45, 2.75) is 22.9 Å². The zero-order valence-corrected chi connectivity index (χ0v) is 19.0. The highest BCUT2D eigenvalue weighted by Gasteiger charge is 2.33. The maximum absolute atomic E-state index is 7.13. The molecule has 0 amide bonds. The topological polar surface area (TPSA) is 47.9 Å². The molecule has 166 valence electrons. The standard InChI is InChI=1S/C28H24O4S/c1-30-23-13-9-21(10-14-23)28-27(20-7-11-22(29)12-8-20)32-25-17-24(15-16-26(25)33-28)31-18-19-5-3-2-4-6-19/h2-17,27-29H,18H2,1H3/t27-,28+/m1/s1/i/hT. The zero-order valence-electron chi connectivity index (χ0n) is 19.1. The fourth-order valence-corrected chi connectivity index (χ4v) is 5.12. The van der Waals surface area contributed by atoms with Crippen LogP contribution < -0.4 is 14.2 Å². The van der Waals surface area contributed by atoms with Gasteiger partial charge in [-0.2, -0.15) is 0 Å². The van der Waals surface area contributed by atoms with E-state index in [2.05, 4.69) is 23.3 Å². The maximum atomic E-state index is 7.13. The van der Waals surface area contributed by atoms with Crippen molar-refractivity contribution < 1.29 is 19.3 Å². The molecule has 4 nitrogen and oxygen atoms in total. The molecule has 1 aliphatic rings. The molecule has 1 heterocycles. The first kappa shape index (κ1) is 20.1. The molecule has 33 heavy (non-hydrogen) atoms. The Hall–Kier alpha value is -3.57. The molecule has 5 rings (SSSR count). The Morgan fingerprint density at radius 2 is 1.61 bits per heavy atom. The summed E-state index contributed by atoms with van der Waals surface area (Å²) in [6, 6.07) is 31.7. The van der Waals surface area contributed by atoms with E-state index in [4.69, 9.17) is 15.6 Å². The molecule has 0 saturated heterocycles. The average molecular weight is 459 g/mol. The minimum absolute atomic E-state index is 0.0391. The molecule has 0 unspecified atom stereocenters. The molecule has 0 saturated carbocycles. The van der Waals surface area contributed by atoms with Crippen LogP contribution in [0.2, 0.25) is 0 Å². The summed E-state index contributed by atoms with van der Waals surface area (Å²) in [5.41, 5.74) is 3.27. The number of phenols is 1. The summed E-state index contributed by atoms with van der Waals surface area (Å²) >= 11 is 1.77. The maximum Gasteiger partial charge on any atom is 0.293 e. The van der Waals surface area contributed by atoms with Crippen molar-refractivity contribution in [2.75, 3.05) is 7.11 Å². The molecule has 0 aromatic heterocycles. The van der Waals surface area contributed by atoms with E-state index in [0.717, 1.165) is 38.8 Å². The molecule has 1 N–H and O–H groups in total. The smallest absolute Gasteiger partial charge is 0.293 e. The predicted molar refractivity (Wildman–Crippen MR) is 130 cm³/mol. The highest BCUT2D eigenvalue weighted by atomic mass is 32.2. The van der Waals surface area contributed by atoms with Gasteiger partial charge in [0.1, 0.15) is 35.7 Å². The fourth-order valence-electron chi connectivity index (χ4n) is 3.84. The molecule has 2 atom stereocenters. The average Bonchev–Trinajstić information content (AvgIpc) is 2.92. The number of hydrogen-bond donors (Lipinski definition) is 1. The Kier molecular flexibility index (Phi) is 5.78. The molecule has 4 aromatic rings. The predicted octanol–water partition coefficient (Wildman–Crippen LogP) is 6.95. The van der Waals surface area contributed by atoms with Crippen LogP contribution >= 0.6 is 11.8 Å². The first-order valence-corrected chi connectivity index (χ1v) is 11.6. The van der Waals surface area contributed by atoms with E-state index in [9.17, 15) is 0 Å². The summed E-state index contributed by atoms with van der Waals surface area (Å²) in [5, 5.41) is 4.64. The number of methoxy groups -OCH3 is 1. The van der Waals surface area contributed by atoms with Crippen LogP contribution in [0.25, 0.3) is 0 Å². The van der Waals surface area contributed by atoms with Crippen LogP contribution in [0.3, 0.4) is 0 Å². The molecule has 5 heteroatoms. The molecule has 0 fully saturated rings. The van der Waals surface area contributed by atoms with E-state index >= 15 is 0 Å². The minimum atomic E-state index is -0.227. The number of phenolic OH excluding ortho intramolecular Hbond substituents is 1. The number of hydrogen-bond acceptors (Lipinski definition) is 5. The van der Waals surface area contributed by atoms with Crippen molar-refractivity contribution in [2.24, 2.45) is 0 Å². The summed E-state index contributed by atoms with van der Waals surface area (Å²) in [7, 11) is 1.67. The van der Waals surface area contributed by atoms with Crippen LogP contribution in [-0.2, 0) is 6.61 Å². The van der Waals surface area contributed by atoms with E-state index in [1.54, 1.807) is 31.0 Å². The second kappa shape index (κ2) is 9.51. The SMILES string of the molecule is [3H]Oc1ccc([C@H]2Oc3cc(OCc4ccccc4)ccc3S[C@H]2c2ccc(OC)cc2)cc1. The molecule has 0 radical (unpaired) electrons. The van der Waals surface area contributed by atoms with Crippen molar-refractivity contribution in [3.05, 3.63) is 114 Å². The van der Waals surface area contributed by atoms with Gasteiger partial charge in [-0.05, 0) is 53.1 Å². The lowest BCUT2D eigenvalue weighted by molar-refractivity contribution is 0.189. The van der Waals surface area contributed by atoms with Gasteiger partial charge in [-0.1, -0.05) is 54.6 Å². The number of benzene rings is 4. The monoisotopic (exact) mass is 458 g/mol. The second-order valence-corrected chi connectivity index (χ2v) is 8.99. The number of aromatic hydroxyl groups is 1. The lowest BCUT2D eigenvalue weighted by atomic mass is 10.00.